The third kappa shape index (κ3) is 2.92. The van der Waals surface area contributed by atoms with Crippen LogP contribution in [0.15, 0.2) is 91.0 Å². The first-order chi connectivity index (χ1) is 14.1. The predicted molar refractivity (Wildman–Crippen MR) is 123 cm³/mol. The van der Waals surface area contributed by atoms with Gasteiger partial charge in [-0.05, 0) is 53.8 Å². The molecule has 2 atom stereocenters. The van der Waals surface area contributed by atoms with Gasteiger partial charge in [-0.2, -0.15) is 0 Å². The van der Waals surface area contributed by atoms with E-state index in [4.69, 9.17) is 5.41 Å². The van der Waals surface area contributed by atoms with E-state index in [0.29, 0.717) is 11.6 Å². The predicted octanol–water partition coefficient (Wildman–Crippen LogP) is 7.02. The minimum atomic E-state index is 0.249. The van der Waals surface area contributed by atoms with Gasteiger partial charge in [0.05, 0.1) is 16.7 Å². The Hall–Kier alpha value is -3.39. The van der Waals surface area contributed by atoms with E-state index >= 15 is 0 Å². The van der Waals surface area contributed by atoms with Gasteiger partial charge in [-0.1, -0.05) is 68.5 Å². The molecule has 2 nitrogen and oxygen atoms in total. The molecule has 1 aromatic heterocycles. The summed E-state index contributed by atoms with van der Waals surface area (Å²) in [5.74, 6) is 0.583. The molecule has 1 aliphatic carbocycles. The summed E-state index contributed by atoms with van der Waals surface area (Å²) >= 11 is 0. The molecular weight excluding hydrogens is 352 g/mol. The third-order valence-electron chi connectivity index (χ3n) is 5.91. The van der Waals surface area contributed by atoms with E-state index in [-0.39, 0.29) is 5.92 Å². The van der Waals surface area contributed by atoms with Crippen LogP contribution in [0, 0.1) is 11.3 Å². The van der Waals surface area contributed by atoms with Crippen LogP contribution >= 0.6 is 0 Å². The molecule has 2 heteroatoms. The Balaban J connectivity index is 1.89. The van der Waals surface area contributed by atoms with Crippen LogP contribution in [0.1, 0.15) is 30.9 Å². The van der Waals surface area contributed by atoms with E-state index in [0.717, 1.165) is 11.3 Å². The number of rotatable bonds is 1. The van der Waals surface area contributed by atoms with E-state index in [9.17, 15) is 0 Å². The smallest absolute Gasteiger partial charge is 0.0612 e. The number of hydrogen-bond acceptors (Lipinski definition) is 1. The van der Waals surface area contributed by atoms with E-state index in [2.05, 4.69) is 103 Å². The summed E-state index contributed by atoms with van der Waals surface area (Å²) in [5, 5.41) is 11.1. The Kier molecular flexibility index (Phi) is 4.21. The van der Waals surface area contributed by atoms with Crippen LogP contribution in [0.5, 0.6) is 0 Å². The number of hydrogen-bond donors (Lipinski definition) is 1. The molecule has 29 heavy (non-hydrogen) atoms. The summed E-state index contributed by atoms with van der Waals surface area (Å²) in [6.45, 7) is 4.39. The van der Waals surface area contributed by atoms with Gasteiger partial charge in [0.1, 0.15) is 0 Å². The normalized spacial score (nSPS) is 20.3. The van der Waals surface area contributed by atoms with Gasteiger partial charge >= 0.3 is 0 Å². The fraction of sp³-hybridized carbons (Fsp3) is 0.148. The maximum absolute atomic E-state index is 8.72. The van der Waals surface area contributed by atoms with Crippen LogP contribution < -0.4 is 0 Å². The average molecular weight is 377 g/mol. The maximum atomic E-state index is 8.72. The zero-order valence-electron chi connectivity index (χ0n) is 16.8. The average Bonchev–Trinajstić information content (AvgIpc) is 3.10. The van der Waals surface area contributed by atoms with Gasteiger partial charge in [0.15, 0.2) is 0 Å². The molecule has 0 fully saturated rings. The zero-order chi connectivity index (χ0) is 20.0. The van der Waals surface area contributed by atoms with Crippen molar-refractivity contribution in [2.75, 3.05) is 0 Å². The molecule has 0 amide bonds. The van der Waals surface area contributed by atoms with Crippen molar-refractivity contribution in [1.29, 1.82) is 5.41 Å². The SMILES string of the molecule is CC1C=CC(C)c2cc3c(cc2C(=N)/C=C\1)c1ccccc1n3-c1ccccc1. The first-order valence-corrected chi connectivity index (χ1v) is 10.2. The molecule has 1 N–H and O–H groups in total. The van der Waals surface area contributed by atoms with Crippen molar-refractivity contribution < 1.29 is 0 Å². The zero-order valence-corrected chi connectivity index (χ0v) is 16.8. The second-order valence-electron chi connectivity index (χ2n) is 7.95. The van der Waals surface area contributed by atoms with Gasteiger partial charge in [-0.3, -0.25) is 0 Å². The van der Waals surface area contributed by atoms with Gasteiger partial charge < -0.3 is 9.98 Å². The highest BCUT2D eigenvalue weighted by atomic mass is 15.0. The molecule has 1 aliphatic rings. The molecular formula is C27H24N2. The van der Waals surface area contributed by atoms with Crippen molar-refractivity contribution in [1.82, 2.24) is 4.57 Å². The highest BCUT2D eigenvalue weighted by Gasteiger charge is 2.19. The monoisotopic (exact) mass is 376 g/mol. The Morgan fingerprint density at radius 3 is 2.34 bits per heavy atom. The first-order valence-electron chi connectivity index (χ1n) is 10.2. The minimum absolute atomic E-state index is 0.249. The Labute approximate surface area is 171 Å². The number of aromatic nitrogens is 1. The summed E-state index contributed by atoms with van der Waals surface area (Å²) in [7, 11) is 0. The number of fused-ring (bicyclic) bond motifs is 4. The summed E-state index contributed by atoms with van der Waals surface area (Å²) in [5.41, 5.74) is 6.37. The van der Waals surface area contributed by atoms with Crippen molar-refractivity contribution in [3.8, 4) is 5.69 Å². The lowest BCUT2D eigenvalue weighted by atomic mass is 9.91. The number of nitrogens with one attached hydrogen (secondary N) is 1. The highest BCUT2D eigenvalue weighted by Crippen LogP contribution is 2.36. The molecule has 3 aromatic carbocycles. The topological polar surface area (TPSA) is 28.8 Å². The van der Waals surface area contributed by atoms with Crippen molar-refractivity contribution in [2.45, 2.75) is 19.8 Å². The van der Waals surface area contributed by atoms with Crippen LogP contribution in [0.4, 0.5) is 0 Å². The molecule has 0 radical (unpaired) electrons. The lowest BCUT2D eigenvalue weighted by Gasteiger charge is -2.15. The summed E-state index contributed by atoms with van der Waals surface area (Å²) in [6, 6.07) is 23.6. The van der Waals surface area contributed by atoms with Crippen molar-refractivity contribution >= 4 is 27.5 Å². The number of allylic oxidation sites excluding steroid dienone is 4. The van der Waals surface area contributed by atoms with Gasteiger partial charge in [0.2, 0.25) is 0 Å². The van der Waals surface area contributed by atoms with Gasteiger partial charge in [-0.25, -0.2) is 0 Å². The lowest BCUT2D eigenvalue weighted by Crippen LogP contribution is -2.04. The summed E-state index contributed by atoms with van der Waals surface area (Å²) in [4.78, 5) is 0. The Bertz CT molecular complexity index is 1290. The first kappa shape index (κ1) is 17.7. The molecule has 2 unspecified atom stereocenters. The fourth-order valence-corrected chi connectivity index (χ4v) is 4.34. The minimum Gasteiger partial charge on any atom is -0.309 e. The fourth-order valence-electron chi connectivity index (χ4n) is 4.34. The molecule has 0 spiro atoms. The molecule has 4 aromatic rings. The van der Waals surface area contributed by atoms with Crippen LogP contribution in [-0.4, -0.2) is 10.3 Å². The van der Waals surface area contributed by atoms with Crippen LogP contribution in [0.2, 0.25) is 0 Å². The Morgan fingerprint density at radius 1 is 0.759 bits per heavy atom. The van der Waals surface area contributed by atoms with Gasteiger partial charge in [-0.15, -0.1) is 0 Å². The number of benzene rings is 3. The van der Waals surface area contributed by atoms with E-state index in [1.54, 1.807) is 0 Å². The maximum Gasteiger partial charge on any atom is 0.0612 e. The molecule has 142 valence electrons. The second-order valence-corrected chi connectivity index (χ2v) is 7.95. The summed E-state index contributed by atoms with van der Waals surface area (Å²) < 4.78 is 2.34. The quantitative estimate of drug-likeness (QED) is 0.346. The van der Waals surface area contributed by atoms with Gasteiger partial charge in [0, 0.05) is 22.0 Å². The number of nitrogens with zero attached hydrogens (tertiary/aromatic N) is 1. The summed E-state index contributed by atoms with van der Waals surface area (Å²) in [6.07, 6.45) is 8.57. The molecule has 0 saturated carbocycles. The van der Waals surface area contributed by atoms with Crippen LogP contribution in [-0.2, 0) is 0 Å². The van der Waals surface area contributed by atoms with Crippen molar-refractivity contribution in [3.05, 3.63) is 102 Å². The molecule has 5 rings (SSSR count). The third-order valence-corrected chi connectivity index (χ3v) is 5.91. The van der Waals surface area contributed by atoms with Crippen LogP contribution in [0.3, 0.4) is 0 Å². The van der Waals surface area contributed by atoms with Crippen molar-refractivity contribution in [2.24, 2.45) is 5.92 Å². The number of para-hydroxylation sites is 2. The van der Waals surface area contributed by atoms with Gasteiger partial charge in [0.25, 0.3) is 0 Å². The molecule has 1 heterocycles. The molecule has 0 bridgehead atoms. The lowest BCUT2D eigenvalue weighted by molar-refractivity contribution is 0.900. The Morgan fingerprint density at radius 2 is 1.52 bits per heavy atom. The van der Waals surface area contributed by atoms with E-state index < -0.39 is 0 Å². The highest BCUT2D eigenvalue weighted by molar-refractivity contribution is 6.15. The second kappa shape index (κ2) is 6.89. The van der Waals surface area contributed by atoms with E-state index in [1.807, 2.05) is 6.08 Å². The van der Waals surface area contributed by atoms with Crippen molar-refractivity contribution in [3.63, 3.8) is 0 Å². The largest absolute Gasteiger partial charge is 0.309 e. The van der Waals surface area contributed by atoms with E-state index in [1.165, 1.54) is 27.4 Å². The van der Waals surface area contributed by atoms with Crippen LogP contribution in [0.25, 0.3) is 27.5 Å². The molecule has 0 aliphatic heterocycles. The standard InChI is InChI=1S/C27H24N2/c1-18-12-14-19(2)22-17-27-24(16-23(22)25(28)15-13-18)21-10-6-7-11-26(21)29(27)20-8-4-3-5-9-20/h3-19,28H,1-2H3/b14-12?,15-13-,28-25?. The molecule has 0 saturated heterocycles.